The average molecular weight is 626 g/mol. The molecule has 0 saturated carbocycles. The van der Waals surface area contributed by atoms with Crippen molar-refractivity contribution >= 4 is 5.69 Å². The summed E-state index contributed by atoms with van der Waals surface area (Å²) in [6.07, 6.45) is -25.5. The van der Waals surface area contributed by atoms with Gasteiger partial charge in [0.2, 0.25) is 0 Å². The largest absolute Gasteiger partial charge is 0.482 e. The van der Waals surface area contributed by atoms with Gasteiger partial charge in [-0.25, -0.2) is 0 Å². The van der Waals surface area contributed by atoms with Gasteiger partial charge in [-0.3, -0.25) is 10.1 Å². The summed E-state index contributed by atoms with van der Waals surface area (Å²) in [6, 6.07) is 4.62. The lowest BCUT2D eigenvalue weighted by Crippen LogP contribution is -2.67. The topological polar surface area (TPSA) is 301 Å². The molecule has 19 heteroatoms. The van der Waals surface area contributed by atoms with E-state index >= 15 is 0 Å². The van der Waals surface area contributed by atoms with E-state index in [-0.39, 0.29) is 11.4 Å². The Labute approximate surface area is 242 Å². The van der Waals surface area contributed by atoms with Crippen molar-refractivity contribution in [2.75, 3.05) is 19.8 Å². The quantitative estimate of drug-likeness (QED) is 0.0856. The highest BCUT2D eigenvalue weighted by Crippen LogP contribution is 2.33. The van der Waals surface area contributed by atoms with Crippen molar-refractivity contribution in [3.8, 4) is 5.75 Å². The van der Waals surface area contributed by atoms with Crippen molar-refractivity contribution in [3.05, 3.63) is 34.4 Å². The second kappa shape index (κ2) is 14.3. The van der Waals surface area contributed by atoms with Crippen LogP contribution in [0.3, 0.4) is 0 Å². The standard InChI is InChI=1S/C24H35NO18/c26-5-10-13(29)14(30)21(38-9-3-1-8(2-4-9)25(36)37)24(40-10)43-20-12(7-28)41-23(18(34)16(20)32)42-19-11(6-27)39-22(35)17(33)15(19)31/h1-4,10-24,26-35H,5-7H2/t10-,11-,12-,13-,14+,15-,16-,17-,18-,19-,20-,21-,22?,23-,24-/m1/s1. The molecule has 3 aliphatic heterocycles. The van der Waals surface area contributed by atoms with Crippen LogP contribution in [0.2, 0.25) is 0 Å². The first-order valence-corrected chi connectivity index (χ1v) is 13.2. The van der Waals surface area contributed by atoms with Gasteiger partial charge in [0.15, 0.2) is 25.0 Å². The summed E-state index contributed by atoms with van der Waals surface area (Å²) in [4.78, 5) is 10.3. The highest BCUT2D eigenvalue weighted by atomic mass is 16.8. The zero-order valence-electron chi connectivity index (χ0n) is 22.3. The van der Waals surface area contributed by atoms with Crippen LogP contribution in [-0.2, 0) is 23.7 Å². The lowest BCUT2D eigenvalue weighted by atomic mass is 9.96. The summed E-state index contributed by atoms with van der Waals surface area (Å²) >= 11 is 0. The SMILES string of the molecule is O=[N+]([O-])c1ccc(O[C@H]2[C@@H](O[C@H]3[C@H](O)[C@@H](O)[C@@H](O[C@H]4[C@H](O)[C@@H](O)C(O)O[C@@H]4CO)O[C@@H]3CO)O[C@H](CO)[C@@H](O)[C@@H]2O)cc1. The molecule has 3 saturated heterocycles. The van der Waals surface area contributed by atoms with Crippen LogP contribution < -0.4 is 4.74 Å². The molecule has 4 rings (SSSR count). The van der Waals surface area contributed by atoms with Gasteiger partial charge in [-0.1, -0.05) is 0 Å². The van der Waals surface area contributed by atoms with Gasteiger partial charge < -0.3 is 79.5 Å². The third kappa shape index (κ3) is 7.06. The Morgan fingerprint density at radius 3 is 1.67 bits per heavy atom. The third-order valence-electron chi connectivity index (χ3n) is 7.39. The summed E-state index contributed by atoms with van der Waals surface area (Å²) in [5, 5.41) is 113. The summed E-state index contributed by atoms with van der Waals surface area (Å²) in [7, 11) is 0. The molecule has 1 unspecified atom stereocenters. The first-order chi connectivity index (χ1) is 20.4. The first kappa shape index (κ1) is 33.7. The van der Waals surface area contributed by atoms with E-state index < -0.39 is 117 Å². The first-order valence-electron chi connectivity index (χ1n) is 13.2. The average Bonchev–Trinajstić information content (AvgIpc) is 3.00. The number of benzene rings is 1. The molecule has 244 valence electrons. The lowest BCUT2D eigenvalue weighted by Gasteiger charge is -2.48. The number of hydrogen-bond acceptors (Lipinski definition) is 18. The molecule has 3 fully saturated rings. The van der Waals surface area contributed by atoms with Crippen LogP contribution in [0.25, 0.3) is 0 Å². The second-order valence-corrected chi connectivity index (χ2v) is 10.2. The molecule has 1 aromatic rings. The Bertz CT molecular complexity index is 1050. The highest BCUT2D eigenvalue weighted by Gasteiger charge is 2.54. The summed E-state index contributed by atoms with van der Waals surface area (Å²) in [5.74, 6) is -0.0202. The molecule has 0 radical (unpaired) electrons. The third-order valence-corrected chi connectivity index (χ3v) is 7.39. The van der Waals surface area contributed by atoms with Crippen LogP contribution in [0, 0.1) is 10.1 Å². The fourth-order valence-corrected chi connectivity index (χ4v) is 4.97. The summed E-state index contributed by atoms with van der Waals surface area (Å²) in [6.45, 7) is -2.44. The lowest BCUT2D eigenvalue weighted by molar-refractivity contribution is -0.384. The monoisotopic (exact) mass is 625 g/mol. The zero-order valence-corrected chi connectivity index (χ0v) is 22.3. The van der Waals surface area contributed by atoms with Gasteiger partial charge in [0.1, 0.15) is 72.9 Å². The minimum atomic E-state index is -1.97. The number of nitro groups is 1. The number of ether oxygens (including phenoxy) is 6. The van der Waals surface area contributed by atoms with Crippen LogP contribution in [0.15, 0.2) is 24.3 Å². The molecule has 19 nitrogen and oxygen atoms in total. The summed E-state index contributed by atoms with van der Waals surface area (Å²) in [5.41, 5.74) is -0.261. The fourth-order valence-electron chi connectivity index (χ4n) is 4.97. The number of hydrogen-bond donors (Lipinski definition) is 10. The Balaban J connectivity index is 1.52. The number of non-ortho nitro benzene ring substituents is 1. The van der Waals surface area contributed by atoms with Crippen LogP contribution in [0.5, 0.6) is 5.75 Å². The van der Waals surface area contributed by atoms with Gasteiger partial charge >= 0.3 is 0 Å². The maximum absolute atomic E-state index is 11.0. The molecule has 43 heavy (non-hydrogen) atoms. The van der Waals surface area contributed by atoms with Crippen molar-refractivity contribution in [3.63, 3.8) is 0 Å². The number of nitro benzene ring substituents is 1. The molecule has 3 heterocycles. The van der Waals surface area contributed by atoms with Crippen molar-refractivity contribution in [1.29, 1.82) is 0 Å². The molecule has 10 N–H and O–H groups in total. The molecule has 3 aliphatic rings. The van der Waals surface area contributed by atoms with E-state index in [0.717, 1.165) is 12.1 Å². The Hall–Kier alpha value is -2.18. The van der Waals surface area contributed by atoms with E-state index in [1.807, 2.05) is 0 Å². The molecule has 1 aromatic carbocycles. The zero-order chi connectivity index (χ0) is 31.6. The minimum absolute atomic E-state index is 0.0202. The van der Waals surface area contributed by atoms with Gasteiger partial charge in [-0.05, 0) is 12.1 Å². The predicted octanol–water partition coefficient (Wildman–Crippen LogP) is -5.58. The van der Waals surface area contributed by atoms with E-state index in [9.17, 15) is 61.2 Å². The Kier molecular flexibility index (Phi) is 11.2. The van der Waals surface area contributed by atoms with Crippen LogP contribution in [-0.4, -0.2) is 168 Å². The molecule has 0 aliphatic carbocycles. The maximum Gasteiger partial charge on any atom is 0.269 e. The number of nitrogens with zero attached hydrogens (tertiary/aromatic N) is 1. The molecule has 15 atom stereocenters. The van der Waals surface area contributed by atoms with Gasteiger partial charge in [0.05, 0.1) is 24.7 Å². The molecular formula is C24H35NO18. The van der Waals surface area contributed by atoms with Gasteiger partial charge in [0.25, 0.3) is 5.69 Å². The Morgan fingerprint density at radius 2 is 1.12 bits per heavy atom. The second-order valence-electron chi connectivity index (χ2n) is 10.2. The molecule has 0 aromatic heterocycles. The number of rotatable bonds is 10. The van der Waals surface area contributed by atoms with Crippen molar-refractivity contribution in [2.45, 2.75) is 92.1 Å². The van der Waals surface area contributed by atoms with Crippen LogP contribution in [0.1, 0.15) is 0 Å². The van der Waals surface area contributed by atoms with E-state index in [1.54, 1.807) is 0 Å². The smallest absolute Gasteiger partial charge is 0.269 e. The normalized spacial score (nSPS) is 43.7. The van der Waals surface area contributed by atoms with Gasteiger partial charge in [-0.15, -0.1) is 0 Å². The molecule has 0 amide bonds. The molecule has 0 spiro atoms. The van der Waals surface area contributed by atoms with Gasteiger partial charge in [0, 0.05) is 12.1 Å². The predicted molar refractivity (Wildman–Crippen MR) is 133 cm³/mol. The van der Waals surface area contributed by atoms with E-state index in [2.05, 4.69) is 0 Å². The highest BCUT2D eigenvalue weighted by molar-refractivity contribution is 5.36. The van der Waals surface area contributed by atoms with Gasteiger partial charge in [-0.2, -0.15) is 0 Å². The minimum Gasteiger partial charge on any atom is -0.482 e. The van der Waals surface area contributed by atoms with Crippen molar-refractivity contribution < 1.29 is 84.4 Å². The molecular weight excluding hydrogens is 590 g/mol. The Morgan fingerprint density at radius 1 is 0.628 bits per heavy atom. The number of aliphatic hydroxyl groups excluding tert-OH is 10. The van der Waals surface area contributed by atoms with Crippen molar-refractivity contribution in [1.82, 2.24) is 0 Å². The maximum atomic E-state index is 11.0. The van der Waals surface area contributed by atoms with Crippen molar-refractivity contribution in [2.24, 2.45) is 0 Å². The van der Waals surface area contributed by atoms with E-state index in [0.29, 0.717) is 0 Å². The molecule has 0 bridgehead atoms. The van der Waals surface area contributed by atoms with E-state index in [1.165, 1.54) is 12.1 Å². The van der Waals surface area contributed by atoms with Crippen LogP contribution in [0.4, 0.5) is 5.69 Å². The fraction of sp³-hybridized carbons (Fsp3) is 0.750. The number of aliphatic hydroxyl groups is 10. The van der Waals surface area contributed by atoms with E-state index in [4.69, 9.17) is 28.4 Å². The summed E-state index contributed by atoms with van der Waals surface area (Å²) < 4.78 is 33.0. The van der Waals surface area contributed by atoms with Crippen LogP contribution >= 0.6 is 0 Å².